The van der Waals surface area contributed by atoms with Gasteiger partial charge in [-0.2, -0.15) is 0 Å². The second-order valence-electron chi connectivity index (χ2n) is 5.46. The van der Waals surface area contributed by atoms with Gasteiger partial charge in [-0.05, 0) is 39.3 Å². The van der Waals surface area contributed by atoms with E-state index in [0.717, 1.165) is 16.2 Å². The molecule has 136 valence electrons. The van der Waals surface area contributed by atoms with Crippen LogP contribution in [0.15, 0.2) is 16.3 Å². The van der Waals surface area contributed by atoms with E-state index >= 15 is 0 Å². The van der Waals surface area contributed by atoms with Gasteiger partial charge in [-0.25, -0.2) is 26.3 Å². The molecule has 0 bridgehead atoms. The Morgan fingerprint density at radius 3 is 2.35 bits per heavy atom. The van der Waals surface area contributed by atoms with E-state index in [-0.39, 0.29) is 35.5 Å². The molecule has 0 saturated heterocycles. The molecule has 1 heterocycles. The van der Waals surface area contributed by atoms with Crippen molar-refractivity contribution < 1.29 is 16.8 Å². The summed E-state index contributed by atoms with van der Waals surface area (Å²) in [5.74, 6) is 0.0230. The summed E-state index contributed by atoms with van der Waals surface area (Å²) >= 11 is 1.12. The van der Waals surface area contributed by atoms with Gasteiger partial charge in [0.1, 0.15) is 4.21 Å². The average molecular weight is 406 g/mol. The molecule has 0 saturated carbocycles. The van der Waals surface area contributed by atoms with Gasteiger partial charge in [-0.15, -0.1) is 23.7 Å². The van der Waals surface area contributed by atoms with Crippen LogP contribution in [-0.2, 0) is 26.5 Å². The molecule has 0 fully saturated rings. The summed E-state index contributed by atoms with van der Waals surface area (Å²) in [7, 11) is -6.85. The quantitative estimate of drug-likeness (QED) is 0.557. The van der Waals surface area contributed by atoms with Crippen molar-refractivity contribution in [2.75, 3.05) is 18.8 Å². The van der Waals surface area contributed by atoms with Crippen molar-refractivity contribution in [2.24, 2.45) is 5.73 Å². The van der Waals surface area contributed by atoms with Crippen LogP contribution in [0, 0.1) is 0 Å². The Hall–Kier alpha value is -0.230. The molecular weight excluding hydrogens is 382 g/mol. The SMILES string of the molecule is CCS(=O)(=O)NCCc1ccc(S(=O)(=O)NC(C)(C)CN)s1.Cl. The predicted octanol–water partition coefficient (Wildman–Crippen LogP) is 0.667. The third-order valence-corrected chi connectivity index (χ3v) is 7.64. The Morgan fingerprint density at radius 2 is 1.83 bits per heavy atom. The van der Waals surface area contributed by atoms with Crippen LogP contribution in [0.2, 0.25) is 0 Å². The lowest BCUT2D eigenvalue weighted by atomic mass is 10.1. The number of halogens is 1. The van der Waals surface area contributed by atoms with Gasteiger partial charge in [-0.1, -0.05) is 0 Å². The number of hydrogen-bond acceptors (Lipinski definition) is 6. The minimum absolute atomic E-state index is 0. The van der Waals surface area contributed by atoms with E-state index in [1.165, 1.54) is 6.07 Å². The van der Waals surface area contributed by atoms with Gasteiger partial charge in [-0.3, -0.25) is 0 Å². The fraction of sp³-hybridized carbons (Fsp3) is 0.667. The molecule has 0 atom stereocenters. The summed E-state index contributed by atoms with van der Waals surface area (Å²) < 4.78 is 52.3. The third kappa shape index (κ3) is 7.46. The summed E-state index contributed by atoms with van der Waals surface area (Å²) in [6.45, 7) is 5.40. The molecule has 11 heteroatoms. The monoisotopic (exact) mass is 405 g/mol. The summed E-state index contributed by atoms with van der Waals surface area (Å²) in [6, 6.07) is 3.21. The Kier molecular flexibility index (Phi) is 8.66. The van der Waals surface area contributed by atoms with Crippen molar-refractivity contribution in [3.63, 3.8) is 0 Å². The molecule has 1 aromatic rings. The van der Waals surface area contributed by atoms with Crippen LogP contribution in [0.4, 0.5) is 0 Å². The maximum Gasteiger partial charge on any atom is 0.250 e. The van der Waals surface area contributed by atoms with Gasteiger partial charge in [0.2, 0.25) is 10.0 Å². The predicted molar refractivity (Wildman–Crippen MR) is 96.2 cm³/mol. The lowest BCUT2D eigenvalue weighted by Gasteiger charge is -2.23. The fourth-order valence-corrected chi connectivity index (χ4v) is 4.92. The minimum Gasteiger partial charge on any atom is -0.329 e. The van der Waals surface area contributed by atoms with Crippen LogP contribution in [-0.4, -0.2) is 41.2 Å². The van der Waals surface area contributed by atoms with Gasteiger partial charge in [0.05, 0.1) is 5.75 Å². The molecule has 0 radical (unpaired) electrons. The number of hydrogen-bond donors (Lipinski definition) is 3. The van der Waals surface area contributed by atoms with E-state index < -0.39 is 25.6 Å². The molecule has 0 amide bonds. The standard InChI is InChI=1S/C12H23N3O4S3.ClH/c1-4-21(16,17)14-8-7-10-5-6-11(20-10)22(18,19)15-12(2,3)9-13;/h5-6,14-15H,4,7-9,13H2,1-3H3;1H. The molecule has 4 N–H and O–H groups in total. The first-order valence-corrected chi connectivity index (χ1v) is 10.8. The van der Waals surface area contributed by atoms with Gasteiger partial charge < -0.3 is 5.73 Å². The zero-order valence-electron chi connectivity index (χ0n) is 13.3. The van der Waals surface area contributed by atoms with Crippen LogP contribution < -0.4 is 15.2 Å². The van der Waals surface area contributed by atoms with Gasteiger partial charge in [0.25, 0.3) is 10.0 Å². The lowest BCUT2D eigenvalue weighted by molar-refractivity contribution is 0.463. The van der Waals surface area contributed by atoms with Crippen molar-refractivity contribution in [1.82, 2.24) is 9.44 Å². The Balaban J connectivity index is 0.00000484. The molecule has 0 aliphatic heterocycles. The first-order valence-electron chi connectivity index (χ1n) is 6.81. The number of thiophene rings is 1. The van der Waals surface area contributed by atoms with Crippen molar-refractivity contribution in [2.45, 2.75) is 36.9 Å². The topological polar surface area (TPSA) is 118 Å². The maximum absolute atomic E-state index is 12.2. The molecule has 0 aliphatic carbocycles. The lowest BCUT2D eigenvalue weighted by Crippen LogP contribution is -2.48. The van der Waals surface area contributed by atoms with E-state index in [0.29, 0.717) is 6.42 Å². The highest BCUT2D eigenvalue weighted by molar-refractivity contribution is 7.91. The minimum atomic E-state index is -3.62. The molecule has 7 nitrogen and oxygen atoms in total. The zero-order valence-corrected chi connectivity index (χ0v) is 16.6. The second kappa shape index (κ2) is 8.75. The van der Waals surface area contributed by atoms with E-state index in [4.69, 9.17) is 5.73 Å². The van der Waals surface area contributed by atoms with E-state index in [1.807, 2.05) is 0 Å². The largest absolute Gasteiger partial charge is 0.329 e. The molecule has 1 rings (SSSR count). The zero-order chi connectivity index (χ0) is 17.0. The molecule has 0 aromatic carbocycles. The van der Waals surface area contributed by atoms with Crippen LogP contribution in [0.5, 0.6) is 0 Å². The highest BCUT2D eigenvalue weighted by Crippen LogP contribution is 2.23. The summed E-state index contributed by atoms with van der Waals surface area (Å²) in [5, 5.41) is 0. The van der Waals surface area contributed by atoms with E-state index in [2.05, 4.69) is 9.44 Å². The molecule has 0 unspecified atom stereocenters. The molecule has 1 aromatic heterocycles. The van der Waals surface area contributed by atoms with Crippen LogP contribution in [0.25, 0.3) is 0 Å². The number of nitrogens with one attached hydrogen (secondary N) is 2. The Bertz CT molecular complexity index is 699. The van der Waals surface area contributed by atoms with E-state index in [9.17, 15) is 16.8 Å². The molecule has 23 heavy (non-hydrogen) atoms. The summed E-state index contributed by atoms with van der Waals surface area (Å²) in [5.41, 5.74) is 4.81. The smallest absolute Gasteiger partial charge is 0.250 e. The Morgan fingerprint density at radius 1 is 1.22 bits per heavy atom. The molecule has 0 aliphatic rings. The number of rotatable bonds is 9. The average Bonchev–Trinajstić information content (AvgIpc) is 2.87. The highest BCUT2D eigenvalue weighted by atomic mass is 35.5. The van der Waals surface area contributed by atoms with Crippen molar-refractivity contribution in [1.29, 1.82) is 0 Å². The van der Waals surface area contributed by atoms with E-state index in [1.54, 1.807) is 26.8 Å². The van der Waals surface area contributed by atoms with Crippen LogP contribution >= 0.6 is 23.7 Å². The molecular formula is C12H24ClN3O4S3. The first-order chi connectivity index (χ1) is 10.0. The first kappa shape index (κ1) is 22.8. The van der Waals surface area contributed by atoms with Crippen LogP contribution in [0.3, 0.4) is 0 Å². The third-order valence-electron chi connectivity index (χ3n) is 2.90. The number of nitrogens with two attached hydrogens (primary N) is 1. The fourth-order valence-electron chi connectivity index (χ4n) is 1.52. The Labute approximate surface area is 148 Å². The van der Waals surface area contributed by atoms with Crippen LogP contribution in [0.1, 0.15) is 25.6 Å². The van der Waals surface area contributed by atoms with Crippen molar-refractivity contribution in [3.8, 4) is 0 Å². The van der Waals surface area contributed by atoms with Gasteiger partial charge >= 0.3 is 0 Å². The summed E-state index contributed by atoms with van der Waals surface area (Å²) in [6.07, 6.45) is 0.444. The second-order valence-corrected chi connectivity index (χ2v) is 10.6. The highest BCUT2D eigenvalue weighted by Gasteiger charge is 2.26. The summed E-state index contributed by atoms with van der Waals surface area (Å²) in [4.78, 5) is 0.796. The van der Waals surface area contributed by atoms with Gasteiger partial charge in [0, 0.05) is 23.5 Å². The number of sulfonamides is 2. The molecule has 0 spiro atoms. The normalized spacial score (nSPS) is 12.9. The maximum atomic E-state index is 12.2. The van der Waals surface area contributed by atoms with Gasteiger partial charge in [0.15, 0.2) is 0 Å². The van der Waals surface area contributed by atoms with Crippen molar-refractivity contribution >= 4 is 43.8 Å². The van der Waals surface area contributed by atoms with Crippen molar-refractivity contribution in [3.05, 3.63) is 17.0 Å².